The first-order valence-electron chi connectivity index (χ1n) is 6.15. The number of anilines is 1. The molecule has 2 rings (SSSR count). The van der Waals surface area contributed by atoms with Crippen LogP contribution in [0, 0.1) is 0 Å². The van der Waals surface area contributed by atoms with Gasteiger partial charge in [0, 0.05) is 31.4 Å². The molecular weight excluding hydrogens is 266 g/mol. The molecule has 0 aromatic carbocycles. The van der Waals surface area contributed by atoms with Crippen molar-refractivity contribution in [3.05, 3.63) is 18.3 Å². The number of nitrogen functional groups attached to an aromatic ring is 1. The smallest absolute Gasteiger partial charge is 0.240 e. The fourth-order valence-corrected chi connectivity index (χ4v) is 2.83. The van der Waals surface area contributed by atoms with Crippen LogP contribution in [0.1, 0.15) is 12.8 Å². The van der Waals surface area contributed by atoms with Crippen molar-refractivity contribution in [2.75, 3.05) is 25.6 Å². The number of nitrogens with one attached hydrogen (secondary N) is 2. The summed E-state index contributed by atoms with van der Waals surface area (Å²) in [6, 6.07) is 3.46. The normalized spacial score (nSPS) is 15.7. The molecule has 7 nitrogen and oxygen atoms in total. The number of aromatic nitrogens is 1. The average molecular weight is 285 g/mol. The molecule has 0 unspecified atom stereocenters. The summed E-state index contributed by atoms with van der Waals surface area (Å²) in [5.74, 6) is 5.53. The molecule has 1 fully saturated rings. The molecule has 1 saturated carbocycles. The van der Waals surface area contributed by atoms with Crippen LogP contribution < -0.4 is 16.0 Å². The minimum atomic E-state index is -3.51. The molecule has 1 aliphatic rings. The average Bonchev–Trinajstić information content (AvgIpc) is 3.23. The number of nitrogens with zero attached hydrogens (tertiary/aromatic N) is 2. The Morgan fingerprint density at radius 1 is 1.53 bits per heavy atom. The van der Waals surface area contributed by atoms with E-state index in [1.165, 1.54) is 31.2 Å². The van der Waals surface area contributed by atoms with E-state index >= 15 is 0 Å². The van der Waals surface area contributed by atoms with Gasteiger partial charge >= 0.3 is 0 Å². The van der Waals surface area contributed by atoms with Crippen molar-refractivity contribution in [3.63, 3.8) is 0 Å². The predicted octanol–water partition coefficient (Wildman–Crippen LogP) is -0.260. The van der Waals surface area contributed by atoms with E-state index in [1.807, 2.05) is 7.05 Å². The Bertz CT molecular complexity index is 530. The van der Waals surface area contributed by atoms with Crippen LogP contribution in [-0.4, -0.2) is 44.5 Å². The van der Waals surface area contributed by atoms with Crippen molar-refractivity contribution in [2.24, 2.45) is 5.84 Å². The minimum absolute atomic E-state index is 0.157. The Morgan fingerprint density at radius 3 is 2.89 bits per heavy atom. The van der Waals surface area contributed by atoms with E-state index in [0.29, 0.717) is 24.9 Å². The van der Waals surface area contributed by atoms with Crippen LogP contribution in [0.4, 0.5) is 5.82 Å². The van der Waals surface area contributed by atoms with Gasteiger partial charge in [-0.25, -0.2) is 24.0 Å². The van der Waals surface area contributed by atoms with Gasteiger partial charge < -0.3 is 10.3 Å². The van der Waals surface area contributed by atoms with Gasteiger partial charge in [0.05, 0.1) is 4.90 Å². The molecule has 0 bridgehead atoms. The maximum absolute atomic E-state index is 12.0. The number of sulfonamides is 1. The lowest BCUT2D eigenvalue weighted by Gasteiger charge is -2.15. The Hall–Kier alpha value is -1.22. The third-order valence-electron chi connectivity index (χ3n) is 3.12. The number of hydrogen-bond donors (Lipinski definition) is 3. The van der Waals surface area contributed by atoms with E-state index in [2.05, 4.69) is 20.0 Å². The maximum Gasteiger partial charge on any atom is 0.240 e. The Labute approximate surface area is 113 Å². The lowest BCUT2D eigenvalue weighted by molar-refractivity contribution is 0.329. The minimum Gasteiger partial charge on any atom is -0.308 e. The lowest BCUT2D eigenvalue weighted by Crippen LogP contribution is -2.34. The Morgan fingerprint density at radius 2 is 2.26 bits per heavy atom. The van der Waals surface area contributed by atoms with Crippen molar-refractivity contribution in [2.45, 2.75) is 23.8 Å². The van der Waals surface area contributed by atoms with Crippen LogP contribution in [0.3, 0.4) is 0 Å². The van der Waals surface area contributed by atoms with E-state index in [9.17, 15) is 8.42 Å². The number of pyridine rings is 1. The fourth-order valence-electron chi connectivity index (χ4n) is 1.79. The third-order valence-corrected chi connectivity index (χ3v) is 4.58. The molecule has 1 aromatic rings. The maximum atomic E-state index is 12.0. The van der Waals surface area contributed by atoms with Gasteiger partial charge in [-0.3, -0.25) is 0 Å². The number of rotatable bonds is 7. The predicted molar refractivity (Wildman–Crippen MR) is 72.9 cm³/mol. The summed E-state index contributed by atoms with van der Waals surface area (Å²) in [5.41, 5.74) is 2.33. The molecule has 4 N–H and O–H groups in total. The first-order valence-corrected chi connectivity index (χ1v) is 7.64. The van der Waals surface area contributed by atoms with Gasteiger partial charge in [0.15, 0.2) is 0 Å². The Balaban J connectivity index is 1.93. The number of hydrazine groups is 1. The SMILES string of the molecule is CN(CCNS(=O)(=O)c1ccnc(NN)c1)C1CC1. The second-order valence-corrected chi connectivity index (χ2v) is 6.40. The van der Waals surface area contributed by atoms with Gasteiger partial charge in [-0.15, -0.1) is 0 Å². The zero-order chi connectivity index (χ0) is 13.9. The van der Waals surface area contributed by atoms with E-state index in [4.69, 9.17) is 5.84 Å². The van der Waals surface area contributed by atoms with Crippen molar-refractivity contribution in [1.82, 2.24) is 14.6 Å². The summed E-state index contributed by atoms with van der Waals surface area (Å²) < 4.78 is 26.7. The van der Waals surface area contributed by atoms with Crippen LogP contribution in [0.25, 0.3) is 0 Å². The van der Waals surface area contributed by atoms with Gasteiger partial charge in [-0.1, -0.05) is 0 Å². The summed E-state index contributed by atoms with van der Waals surface area (Å²) in [4.78, 5) is 6.20. The molecule has 0 atom stereocenters. The molecule has 0 spiro atoms. The van der Waals surface area contributed by atoms with E-state index in [1.54, 1.807) is 0 Å². The first kappa shape index (κ1) is 14.2. The van der Waals surface area contributed by atoms with Gasteiger partial charge in [-0.2, -0.15) is 0 Å². The van der Waals surface area contributed by atoms with Gasteiger partial charge in [0.2, 0.25) is 10.0 Å². The topological polar surface area (TPSA) is 100 Å². The van der Waals surface area contributed by atoms with Crippen LogP contribution in [0.5, 0.6) is 0 Å². The molecular formula is C11H19N5O2S. The summed E-state index contributed by atoms with van der Waals surface area (Å²) in [6.07, 6.45) is 3.82. The first-order chi connectivity index (χ1) is 9.03. The van der Waals surface area contributed by atoms with Crippen molar-refractivity contribution < 1.29 is 8.42 Å². The third kappa shape index (κ3) is 3.87. The highest BCUT2D eigenvalue weighted by atomic mass is 32.2. The molecule has 1 aliphatic carbocycles. The molecule has 0 radical (unpaired) electrons. The van der Waals surface area contributed by atoms with Gasteiger partial charge in [0.25, 0.3) is 0 Å². The van der Waals surface area contributed by atoms with Crippen molar-refractivity contribution in [1.29, 1.82) is 0 Å². The summed E-state index contributed by atoms with van der Waals surface area (Å²) in [5, 5.41) is 0. The highest BCUT2D eigenvalue weighted by Gasteiger charge is 2.25. The van der Waals surface area contributed by atoms with Crippen LogP contribution in [-0.2, 0) is 10.0 Å². The number of hydrogen-bond acceptors (Lipinski definition) is 6. The lowest BCUT2D eigenvalue weighted by atomic mass is 10.5. The second kappa shape index (κ2) is 5.83. The highest BCUT2D eigenvalue weighted by molar-refractivity contribution is 7.89. The summed E-state index contributed by atoms with van der Waals surface area (Å²) in [7, 11) is -1.50. The van der Waals surface area contributed by atoms with Crippen LogP contribution in [0.15, 0.2) is 23.2 Å². The van der Waals surface area contributed by atoms with Gasteiger partial charge in [0.1, 0.15) is 5.82 Å². The van der Waals surface area contributed by atoms with Crippen molar-refractivity contribution >= 4 is 15.8 Å². The number of likely N-dealkylation sites (N-methyl/N-ethyl adjacent to an activating group) is 1. The quantitative estimate of drug-likeness (QED) is 0.471. The molecule has 8 heteroatoms. The monoisotopic (exact) mass is 285 g/mol. The Kier molecular flexibility index (Phi) is 4.35. The molecule has 0 aliphatic heterocycles. The highest BCUT2D eigenvalue weighted by Crippen LogP contribution is 2.24. The van der Waals surface area contributed by atoms with Gasteiger partial charge in [-0.05, 0) is 26.0 Å². The second-order valence-electron chi connectivity index (χ2n) is 4.63. The summed E-state index contributed by atoms with van der Waals surface area (Å²) in [6.45, 7) is 1.10. The zero-order valence-electron chi connectivity index (χ0n) is 10.8. The molecule has 0 saturated heterocycles. The molecule has 1 heterocycles. The number of nitrogens with two attached hydrogens (primary N) is 1. The zero-order valence-corrected chi connectivity index (χ0v) is 11.7. The standard InChI is InChI=1S/C11H19N5O2S/c1-16(9-2-3-9)7-6-14-19(17,18)10-4-5-13-11(8-10)15-12/h4-5,8-9,14H,2-3,6-7,12H2,1H3,(H,13,15). The van der Waals surface area contributed by atoms with Crippen molar-refractivity contribution in [3.8, 4) is 0 Å². The van der Waals surface area contributed by atoms with Crippen LogP contribution >= 0.6 is 0 Å². The van der Waals surface area contributed by atoms with Crippen LogP contribution in [0.2, 0.25) is 0 Å². The van der Waals surface area contributed by atoms with E-state index in [-0.39, 0.29) is 4.90 Å². The molecule has 1 aromatic heterocycles. The molecule has 106 valence electrons. The summed E-state index contributed by atoms with van der Waals surface area (Å²) >= 11 is 0. The van der Waals surface area contributed by atoms with E-state index in [0.717, 1.165) is 0 Å². The largest absolute Gasteiger partial charge is 0.308 e. The fraction of sp³-hybridized carbons (Fsp3) is 0.545. The molecule has 0 amide bonds. The van der Waals surface area contributed by atoms with E-state index < -0.39 is 10.0 Å². The molecule has 19 heavy (non-hydrogen) atoms.